The third-order valence-electron chi connectivity index (χ3n) is 5.98. The number of nitrogens with one attached hydrogen (secondary N) is 2. The average Bonchev–Trinajstić information content (AvgIpc) is 3.20. The Morgan fingerprint density at radius 3 is 2.02 bits per heavy atom. The fourth-order valence-corrected chi connectivity index (χ4v) is 4.30. The Balaban J connectivity index is 1.64. The highest BCUT2D eigenvalue weighted by molar-refractivity contribution is 7.80. The van der Waals surface area contributed by atoms with E-state index in [-0.39, 0.29) is 5.69 Å². The van der Waals surface area contributed by atoms with Crippen LogP contribution in [0.3, 0.4) is 0 Å². The largest absolute Gasteiger partial charge is 0.497 e. The molecule has 8 nitrogen and oxygen atoms in total. The van der Waals surface area contributed by atoms with Crippen LogP contribution in [0.5, 0.6) is 11.5 Å². The lowest BCUT2D eigenvalue weighted by atomic mass is 10.1. The van der Waals surface area contributed by atoms with E-state index in [1.54, 1.807) is 24.3 Å². The van der Waals surface area contributed by atoms with Gasteiger partial charge in [-0.05, 0) is 67.2 Å². The number of carbonyl (C=O) groups excluding carboxylic acids is 2. The summed E-state index contributed by atoms with van der Waals surface area (Å²) >= 11 is 5.35. The van der Waals surface area contributed by atoms with Crippen molar-refractivity contribution >= 4 is 46.2 Å². The highest BCUT2D eigenvalue weighted by Gasteiger charge is 2.45. The number of halogens is 5. The third-order valence-corrected chi connectivity index (χ3v) is 6.36. The first-order valence-corrected chi connectivity index (χ1v) is 12.6. The minimum Gasteiger partial charge on any atom is -0.497 e. The van der Waals surface area contributed by atoms with Gasteiger partial charge in [-0.1, -0.05) is 6.92 Å². The summed E-state index contributed by atoms with van der Waals surface area (Å²) in [5.74, 6) is -11.6. The molecule has 1 saturated heterocycles. The molecule has 0 radical (unpaired) electrons. The topological polar surface area (TPSA) is 83.1 Å². The average molecular weight is 595 g/mol. The van der Waals surface area contributed by atoms with E-state index < -0.39 is 64.2 Å². The number of amides is 2. The number of carbonyl (C=O) groups is 2. The van der Waals surface area contributed by atoms with Gasteiger partial charge in [0.25, 0.3) is 5.91 Å². The fourth-order valence-electron chi connectivity index (χ4n) is 3.93. The molecular formula is C27H23F5N4O4S. The summed E-state index contributed by atoms with van der Waals surface area (Å²) < 4.78 is 81.0. The van der Waals surface area contributed by atoms with Crippen molar-refractivity contribution < 1.29 is 41.0 Å². The van der Waals surface area contributed by atoms with E-state index in [0.717, 1.165) is 11.3 Å². The Labute approximate surface area is 236 Å². The van der Waals surface area contributed by atoms with Crippen molar-refractivity contribution in [1.29, 1.82) is 0 Å². The van der Waals surface area contributed by atoms with Crippen molar-refractivity contribution in [3.8, 4) is 11.5 Å². The van der Waals surface area contributed by atoms with Crippen LogP contribution in [0, 0.1) is 29.1 Å². The van der Waals surface area contributed by atoms with Crippen LogP contribution in [0.25, 0.3) is 0 Å². The monoisotopic (exact) mass is 594 g/mol. The standard InChI is InChI=1S/C27H23F5N4O4S/c1-3-12-40-17-8-4-14(5-9-17)33-19(37)13-18-26(38)35(15-6-10-16(39-2)11-7-15)27(41)36(18)34-25-23(31)21(29)20(28)22(30)24(25)32/h4-11,18,34H,3,12-13H2,1-2H3,(H,33,37). The molecular weight excluding hydrogens is 571 g/mol. The van der Waals surface area contributed by atoms with Gasteiger partial charge in [-0.15, -0.1) is 0 Å². The molecule has 216 valence electrons. The van der Waals surface area contributed by atoms with E-state index in [0.29, 0.717) is 28.8 Å². The molecule has 1 fully saturated rings. The predicted octanol–water partition coefficient (Wildman–Crippen LogP) is 5.54. The predicted molar refractivity (Wildman–Crippen MR) is 144 cm³/mol. The number of anilines is 3. The van der Waals surface area contributed by atoms with Gasteiger partial charge in [-0.25, -0.2) is 27.0 Å². The molecule has 0 aliphatic carbocycles. The van der Waals surface area contributed by atoms with E-state index in [4.69, 9.17) is 21.7 Å². The van der Waals surface area contributed by atoms with E-state index in [9.17, 15) is 31.5 Å². The van der Waals surface area contributed by atoms with Crippen molar-refractivity contribution in [2.45, 2.75) is 25.8 Å². The maximum Gasteiger partial charge on any atom is 0.258 e. The second-order valence-corrected chi connectivity index (χ2v) is 9.09. The summed E-state index contributed by atoms with van der Waals surface area (Å²) in [5.41, 5.74) is 1.17. The molecule has 14 heteroatoms. The Hall–Kier alpha value is -4.46. The van der Waals surface area contributed by atoms with Gasteiger partial charge in [0.1, 0.15) is 23.2 Å². The molecule has 1 aliphatic heterocycles. The molecule has 4 rings (SSSR count). The molecule has 1 heterocycles. The molecule has 3 aromatic rings. The van der Waals surface area contributed by atoms with Gasteiger partial charge in [0.05, 0.1) is 25.8 Å². The molecule has 41 heavy (non-hydrogen) atoms. The maximum atomic E-state index is 14.5. The van der Waals surface area contributed by atoms with Crippen LogP contribution in [0.4, 0.5) is 39.0 Å². The normalized spacial score (nSPS) is 14.9. The van der Waals surface area contributed by atoms with Gasteiger partial charge >= 0.3 is 0 Å². The van der Waals surface area contributed by atoms with Crippen molar-refractivity contribution in [1.82, 2.24) is 5.01 Å². The molecule has 0 aromatic heterocycles. The van der Waals surface area contributed by atoms with Crippen LogP contribution in [0.15, 0.2) is 48.5 Å². The molecule has 0 saturated carbocycles. The Kier molecular flexibility index (Phi) is 8.91. The van der Waals surface area contributed by atoms with Crippen molar-refractivity contribution in [3.05, 3.63) is 77.6 Å². The van der Waals surface area contributed by atoms with Gasteiger partial charge in [-0.3, -0.25) is 19.9 Å². The minimum absolute atomic E-state index is 0.204. The lowest BCUT2D eigenvalue weighted by molar-refractivity contribution is -0.124. The fraction of sp³-hybridized carbons (Fsp3) is 0.222. The number of nitrogens with zero attached hydrogens (tertiary/aromatic N) is 2. The number of ether oxygens (including phenoxy) is 2. The summed E-state index contributed by atoms with van der Waals surface area (Å²) in [7, 11) is 1.43. The van der Waals surface area contributed by atoms with E-state index in [1.165, 1.54) is 31.4 Å². The molecule has 2 N–H and O–H groups in total. The Morgan fingerprint density at radius 2 is 1.46 bits per heavy atom. The van der Waals surface area contributed by atoms with Gasteiger partial charge in [0.15, 0.2) is 23.3 Å². The van der Waals surface area contributed by atoms with Crippen molar-refractivity contribution in [2.75, 3.05) is 29.4 Å². The summed E-state index contributed by atoms with van der Waals surface area (Å²) in [6, 6.07) is 10.8. The molecule has 1 unspecified atom stereocenters. The molecule has 1 aliphatic rings. The van der Waals surface area contributed by atoms with Crippen LogP contribution in [-0.2, 0) is 9.59 Å². The zero-order chi connectivity index (χ0) is 29.8. The highest BCUT2D eigenvalue weighted by atomic mass is 32.1. The lowest BCUT2D eigenvalue weighted by Crippen LogP contribution is -2.42. The van der Waals surface area contributed by atoms with Crippen LogP contribution in [-0.4, -0.2) is 41.7 Å². The van der Waals surface area contributed by atoms with Crippen LogP contribution >= 0.6 is 12.2 Å². The number of hydrogen-bond acceptors (Lipinski definition) is 6. The van der Waals surface area contributed by atoms with Gasteiger partial charge < -0.3 is 14.8 Å². The number of rotatable bonds is 10. The molecule has 2 amide bonds. The summed E-state index contributed by atoms with van der Waals surface area (Å²) in [5, 5.41) is 2.90. The first-order valence-electron chi connectivity index (χ1n) is 12.2. The Morgan fingerprint density at radius 1 is 0.902 bits per heavy atom. The number of hydrazine groups is 1. The van der Waals surface area contributed by atoms with Crippen molar-refractivity contribution in [3.63, 3.8) is 0 Å². The first-order chi connectivity index (χ1) is 19.6. The smallest absolute Gasteiger partial charge is 0.258 e. The SMILES string of the molecule is CCCOc1ccc(NC(=O)CC2C(=O)N(c3ccc(OC)cc3)C(=S)N2Nc2c(F)c(F)c(F)c(F)c2F)cc1. The van der Waals surface area contributed by atoms with Gasteiger partial charge in [-0.2, -0.15) is 0 Å². The summed E-state index contributed by atoms with van der Waals surface area (Å²) in [6.45, 7) is 2.45. The Bertz CT molecular complexity index is 1450. The minimum atomic E-state index is -2.35. The van der Waals surface area contributed by atoms with E-state index in [2.05, 4.69) is 5.32 Å². The maximum absolute atomic E-state index is 14.5. The van der Waals surface area contributed by atoms with Gasteiger partial charge in [0, 0.05) is 5.69 Å². The number of thiocarbonyl (C=S) groups is 1. The zero-order valence-electron chi connectivity index (χ0n) is 21.6. The number of methoxy groups -OCH3 is 1. The van der Waals surface area contributed by atoms with Crippen LogP contribution in [0.2, 0.25) is 0 Å². The molecule has 0 bridgehead atoms. The van der Waals surface area contributed by atoms with E-state index >= 15 is 0 Å². The summed E-state index contributed by atoms with van der Waals surface area (Å²) in [6.07, 6.45) is 0.195. The second-order valence-electron chi connectivity index (χ2n) is 8.72. The third kappa shape index (κ3) is 6.01. The highest BCUT2D eigenvalue weighted by Crippen LogP contribution is 2.33. The van der Waals surface area contributed by atoms with Gasteiger partial charge in [0.2, 0.25) is 16.8 Å². The molecule has 1 atom stereocenters. The van der Waals surface area contributed by atoms with Crippen LogP contribution < -0.4 is 25.1 Å². The number of hydrogen-bond donors (Lipinski definition) is 2. The lowest BCUT2D eigenvalue weighted by Gasteiger charge is -2.26. The van der Waals surface area contributed by atoms with E-state index in [1.807, 2.05) is 12.3 Å². The molecule has 3 aromatic carbocycles. The quantitative estimate of drug-likeness (QED) is 0.138. The van der Waals surface area contributed by atoms with Crippen molar-refractivity contribution in [2.24, 2.45) is 0 Å². The number of benzene rings is 3. The zero-order valence-corrected chi connectivity index (χ0v) is 22.5. The summed E-state index contributed by atoms with van der Waals surface area (Å²) in [4.78, 5) is 27.4. The second kappa shape index (κ2) is 12.4. The van der Waals surface area contributed by atoms with Crippen LogP contribution in [0.1, 0.15) is 19.8 Å². The first kappa shape index (κ1) is 29.5. The molecule has 0 spiro atoms.